The Bertz CT molecular complexity index is 1800. The van der Waals surface area contributed by atoms with E-state index in [2.05, 4.69) is 15.9 Å². The van der Waals surface area contributed by atoms with Crippen LogP contribution in [0.5, 0.6) is 0 Å². The van der Waals surface area contributed by atoms with Gasteiger partial charge in [0.1, 0.15) is 0 Å². The van der Waals surface area contributed by atoms with Crippen LogP contribution in [0.15, 0.2) is 77.3 Å². The number of halogens is 1. The van der Waals surface area contributed by atoms with Gasteiger partial charge in [-0.25, -0.2) is 9.78 Å². The number of amides is 2. The average molecular weight is 642 g/mol. The zero-order valence-electron chi connectivity index (χ0n) is 22.7. The van der Waals surface area contributed by atoms with Gasteiger partial charge in [-0.2, -0.15) is 0 Å². The van der Waals surface area contributed by atoms with Crippen LogP contribution in [-0.4, -0.2) is 40.1 Å². The summed E-state index contributed by atoms with van der Waals surface area (Å²) in [4.78, 5) is 68.5. The molecule has 2 heterocycles. The Kier molecular flexibility index (Phi) is 7.57. The molecule has 2 amide bonds. The number of rotatable bonds is 7. The maximum Gasteiger partial charge on any atom is 0.339 e. The number of esters is 1. The number of nitrogens with zero attached hydrogens (tertiary/aromatic N) is 3. The number of fused-ring (bicyclic) bond motifs is 2. The summed E-state index contributed by atoms with van der Waals surface area (Å²) in [6.45, 7) is -0.609. The van der Waals surface area contributed by atoms with Crippen molar-refractivity contribution < 1.29 is 28.8 Å². The van der Waals surface area contributed by atoms with Gasteiger partial charge in [0.05, 0.1) is 39.2 Å². The van der Waals surface area contributed by atoms with Crippen LogP contribution >= 0.6 is 15.9 Å². The average Bonchev–Trinajstić information content (AvgIpc) is 3.28. The van der Waals surface area contributed by atoms with E-state index in [0.29, 0.717) is 32.3 Å². The number of nitro groups is 1. The summed E-state index contributed by atoms with van der Waals surface area (Å²) in [7, 11) is 0. The third-order valence-corrected chi connectivity index (χ3v) is 8.46. The summed E-state index contributed by atoms with van der Waals surface area (Å²) in [5, 5.41) is 11.6. The third kappa shape index (κ3) is 5.43. The number of pyridine rings is 1. The summed E-state index contributed by atoms with van der Waals surface area (Å²) in [5.41, 5.74) is 2.09. The van der Waals surface area contributed by atoms with Crippen molar-refractivity contribution in [2.24, 2.45) is 11.8 Å². The number of carbonyl (C=O) groups is 4. The van der Waals surface area contributed by atoms with E-state index >= 15 is 0 Å². The number of nitro benzene ring substituents is 1. The number of hydrogen-bond acceptors (Lipinski definition) is 8. The Labute approximate surface area is 253 Å². The number of carbonyl (C=O) groups excluding carboxylic acids is 4. The lowest BCUT2D eigenvalue weighted by molar-refractivity contribution is -0.384. The Morgan fingerprint density at radius 2 is 1.65 bits per heavy atom. The minimum atomic E-state index is -0.766. The molecule has 0 N–H and O–H groups in total. The van der Waals surface area contributed by atoms with Crippen LogP contribution in [0.25, 0.3) is 22.2 Å². The molecule has 10 nitrogen and oxygen atoms in total. The molecule has 4 aromatic rings. The molecule has 43 heavy (non-hydrogen) atoms. The number of hydrogen-bond donors (Lipinski definition) is 0. The van der Waals surface area contributed by atoms with Crippen molar-refractivity contribution in [1.82, 2.24) is 4.98 Å². The Hall–Kier alpha value is -4.77. The smallest absolute Gasteiger partial charge is 0.339 e. The second-order valence-corrected chi connectivity index (χ2v) is 11.5. The molecule has 1 aliphatic carbocycles. The molecule has 6 rings (SSSR count). The monoisotopic (exact) mass is 641 g/mol. The molecule has 1 saturated heterocycles. The van der Waals surface area contributed by atoms with Crippen molar-refractivity contribution in [2.45, 2.75) is 25.7 Å². The van der Waals surface area contributed by atoms with E-state index in [1.807, 2.05) is 0 Å². The van der Waals surface area contributed by atoms with E-state index in [1.54, 1.807) is 48.5 Å². The fraction of sp³-hybridized carbons (Fsp3) is 0.219. The second kappa shape index (κ2) is 11.5. The Balaban J connectivity index is 1.27. The lowest BCUT2D eigenvalue weighted by Gasteiger charge is -2.19. The molecular weight excluding hydrogens is 618 g/mol. The van der Waals surface area contributed by atoms with Gasteiger partial charge >= 0.3 is 5.97 Å². The van der Waals surface area contributed by atoms with Crippen molar-refractivity contribution in [2.75, 3.05) is 11.5 Å². The van der Waals surface area contributed by atoms with Crippen molar-refractivity contribution in [3.8, 4) is 11.3 Å². The molecule has 1 aromatic heterocycles. The zero-order chi connectivity index (χ0) is 30.2. The summed E-state index contributed by atoms with van der Waals surface area (Å²) in [6.07, 6.45) is 3.36. The number of imide groups is 1. The van der Waals surface area contributed by atoms with Gasteiger partial charge in [-0.05, 0) is 49.2 Å². The van der Waals surface area contributed by atoms with Gasteiger partial charge in [0, 0.05) is 33.1 Å². The lowest BCUT2D eigenvalue weighted by Crippen LogP contribution is -2.30. The number of ketones is 1. The molecule has 11 heteroatoms. The fourth-order valence-electron chi connectivity index (χ4n) is 5.80. The Morgan fingerprint density at radius 3 is 2.33 bits per heavy atom. The number of ether oxygens (including phenoxy) is 1. The number of non-ortho nitro benzene ring substituents is 1. The van der Waals surface area contributed by atoms with Gasteiger partial charge in [-0.3, -0.25) is 29.4 Å². The second-order valence-electron chi connectivity index (χ2n) is 10.6. The summed E-state index contributed by atoms with van der Waals surface area (Å²) >= 11 is 3.41. The molecule has 1 saturated carbocycles. The minimum Gasteiger partial charge on any atom is -0.454 e. The minimum absolute atomic E-state index is 0.0549. The van der Waals surface area contributed by atoms with Gasteiger partial charge in [-0.15, -0.1) is 0 Å². The van der Waals surface area contributed by atoms with Crippen LogP contribution in [0.4, 0.5) is 11.4 Å². The fourth-order valence-corrected chi connectivity index (χ4v) is 6.16. The molecule has 1 aliphatic heterocycles. The van der Waals surface area contributed by atoms with E-state index in [0.717, 1.165) is 31.7 Å². The highest BCUT2D eigenvalue weighted by Gasteiger charge is 2.48. The normalized spacial score (nSPS) is 18.0. The SMILES string of the molecule is O=C(COC(=O)c1cc(-c2ccc(N3C(=O)C4CCCCC4C3=O)cc2)nc2ccc(Br)cc12)c1cccc([N+](=O)[O-])c1. The standard InChI is InChI=1S/C32H24BrN3O7/c33-20-10-13-27-25(15-20)26(32(40)43-17-29(37)19-4-3-5-22(14-19)36(41)42)16-28(34-27)18-8-11-21(12-9-18)35-30(38)23-6-1-2-7-24(23)31(35)39/h3-5,8-16,23-24H,1-2,6-7,17H2. The predicted molar refractivity (Wildman–Crippen MR) is 161 cm³/mol. The van der Waals surface area contributed by atoms with Crippen LogP contribution in [0.1, 0.15) is 46.4 Å². The molecule has 2 atom stereocenters. The van der Waals surface area contributed by atoms with E-state index in [-0.39, 0.29) is 40.5 Å². The number of anilines is 1. The Morgan fingerprint density at radius 1 is 0.953 bits per heavy atom. The highest BCUT2D eigenvalue weighted by Crippen LogP contribution is 2.40. The molecule has 216 valence electrons. The lowest BCUT2D eigenvalue weighted by atomic mass is 9.81. The largest absolute Gasteiger partial charge is 0.454 e. The predicted octanol–water partition coefficient (Wildman–Crippen LogP) is 6.29. The summed E-state index contributed by atoms with van der Waals surface area (Å²) in [6, 6.07) is 18.9. The number of benzene rings is 3. The van der Waals surface area contributed by atoms with E-state index in [9.17, 15) is 29.3 Å². The highest BCUT2D eigenvalue weighted by molar-refractivity contribution is 9.10. The molecule has 2 aliphatic rings. The molecule has 3 aromatic carbocycles. The molecule has 2 fully saturated rings. The highest BCUT2D eigenvalue weighted by atomic mass is 79.9. The van der Waals surface area contributed by atoms with Crippen LogP contribution in [0, 0.1) is 22.0 Å². The first-order valence-electron chi connectivity index (χ1n) is 13.7. The summed E-state index contributed by atoms with van der Waals surface area (Å²) in [5.74, 6) is -2.15. The molecule has 0 bridgehead atoms. The van der Waals surface area contributed by atoms with Crippen molar-refractivity contribution in [1.29, 1.82) is 0 Å². The first kappa shape index (κ1) is 28.4. The van der Waals surface area contributed by atoms with E-state index in [1.165, 1.54) is 23.1 Å². The van der Waals surface area contributed by atoms with Crippen molar-refractivity contribution >= 4 is 61.8 Å². The summed E-state index contributed by atoms with van der Waals surface area (Å²) < 4.78 is 6.07. The van der Waals surface area contributed by atoms with Gasteiger partial charge < -0.3 is 4.74 Å². The molecule has 0 radical (unpaired) electrons. The number of aromatic nitrogens is 1. The van der Waals surface area contributed by atoms with Crippen LogP contribution in [0.2, 0.25) is 0 Å². The van der Waals surface area contributed by atoms with Gasteiger partial charge in [0.15, 0.2) is 6.61 Å². The molecule has 2 unspecified atom stereocenters. The van der Waals surface area contributed by atoms with Crippen LogP contribution in [-0.2, 0) is 14.3 Å². The van der Waals surface area contributed by atoms with Gasteiger partial charge in [-0.1, -0.05) is 53.0 Å². The maximum atomic E-state index is 13.3. The van der Waals surface area contributed by atoms with Crippen molar-refractivity contribution in [3.63, 3.8) is 0 Å². The first-order chi connectivity index (χ1) is 20.7. The molecular formula is C32H24BrN3O7. The first-order valence-corrected chi connectivity index (χ1v) is 14.5. The molecule has 0 spiro atoms. The quantitative estimate of drug-likeness (QED) is 0.0754. The van der Waals surface area contributed by atoms with Gasteiger partial charge in [0.2, 0.25) is 17.6 Å². The maximum absolute atomic E-state index is 13.3. The van der Waals surface area contributed by atoms with E-state index in [4.69, 9.17) is 9.72 Å². The van der Waals surface area contributed by atoms with Crippen LogP contribution < -0.4 is 4.90 Å². The zero-order valence-corrected chi connectivity index (χ0v) is 24.3. The third-order valence-electron chi connectivity index (χ3n) is 7.97. The van der Waals surface area contributed by atoms with Crippen LogP contribution in [0.3, 0.4) is 0 Å². The van der Waals surface area contributed by atoms with Gasteiger partial charge in [0.25, 0.3) is 5.69 Å². The van der Waals surface area contributed by atoms with Crippen molar-refractivity contribution in [3.05, 3.63) is 98.5 Å². The number of Topliss-reactive ketones (excluding diaryl/α,β-unsaturated/α-hetero) is 1. The van der Waals surface area contributed by atoms with E-state index < -0.39 is 23.3 Å². The topological polar surface area (TPSA) is 137 Å².